The summed E-state index contributed by atoms with van der Waals surface area (Å²) in [5.41, 5.74) is 2.40. The van der Waals surface area contributed by atoms with Gasteiger partial charge in [0.15, 0.2) is 0 Å². The normalized spacial score (nSPS) is 26.8. The predicted molar refractivity (Wildman–Crippen MR) is 77.7 cm³/mol. The van der Waals surface area contributed by atoms with E-state index in [9.17, 15) is 0 Å². The van der Waals surface area contributed by atoms with Crippen molar-refractivity contribution >= 4 is 0 Å². The first kappa shape index (κ1) is 13.1. The van der Waals surface area contributed by atoms with Crippen molar-refractivity contribution in [2.45, 2.75) is 39.3 Å². The topological polar surface area (TPSA) is 28.2 Å². The maximum atomic E-state index is 4.76. The smallest absolute Gasteiger partial charge is 0.0547 e. The second-order valence-corrected chi connectivity index (χ2v) is 6.05. The van der Waals surface area contributed by atoms with E-state index in [1.807, 2.05) is 0 Å². The quantitative estimate of drug-likeness (QED) is 0.880. The van der Waals surface area contributed by atoms with Crippen LogP contribution in [-0.4, -0.2) is 29.5 Å². The molecule has 19 heavy (non-hydrogen) atoms. The largest absolute Gasteiger partial charge is 0.311 e. The van der Waals surface area contributed by atoms with Crippen LogP contribution in [0.5, 0.6) is 0 Å². The third-order valence-electron chi connectivity index (χ3n) is 4.61. The van der Waals surface area contributed by atoms with Crippen LogP contribution in [0.1, 0.15) is 37.6 Å². The van der Waals surface area contributed by atoms with Crippen LogP contribution in [0.3, 0.4) is 0 Å². The maximum Gasteiger partial charge on any atom is 0.0547 e. The summed E-state index contributed by atoms with van der Waals surface area (Å²) >= 11 is 0. The third-order valence-corrected chi connectivity index (χ3v) is 4.61. The van der Waals surface area contributed by atoms with Crippen molar-refractivity contribution in [3.05, 3.63) is 29.6 Å². The van der Waals surface area contributed by atoms with Crippen LogP contribution in [0, 0.1) is 11.8 Å². The van der Waals surface area contributed by atoms with Crippen molar-refractivity contribution in [1.82, 2.24) is 15.2 Å². The maximum absolute atomic E-state index is 4.76. The summed E-state index contributed by atoms with van der Waals surface area (Å²) in [5, 5.41) is 3.34. The second-order valence-electron chi connectivity index (χ2n) is 6.05. The summed E-state index contributed by atoms with van der Waals surface area (Å²) < 4.78 is 0. The van der Waals surface area contributed by atoms with Crippen LogP contribution in [0.2, 0.25) is 0 Å². The monoisotopic (exact) mass is 259 g/mol. The van der Waals surface area contributed by atoms with Gasteiger partial charge in [-0.3, -0.25) is 9.88 Å². The van der Waals surface area contributed by atoms with Crippen molar-refractivity contribution in [3.63, 3.8) is 0 Å². The van der Waals surface area contributed by atoms with Gasteiger partial charge < -0.3 is 5.32 Å². The van der Waals surface area contributed by atoms with Gasteiger partial charge >= 0.3 is 0 Å². The lowest BCUT2D eigenvalue weighted by molar-refractivity contribution is 0.299. The van der Waals surface area contributed by atoms with Gasteiger partial charge in [0.25, 0.3) is 0 Å². The Morgan fingerprint density at radius 3 is 2.68 bits per heavy atom. The Morgan fingerprint density at radius 2 is 1.95 bits per heavy atom. The number of nitrogens with one attached hydrogen (secondary N) is 1. The molecule has 2 fully saturated rings. The SMILES string of the molecule is CCNCc1cccc(CN2CC3CCCC3C2)n1. The van der Waals surface area contributed by atoms with E-state index in [2.05, 4.69) is 35.3 Å². The molecule has 1 N–H and O–H groups in total. The van der Waals surface area contributed by atoms with Crippen LogP contribution in [-0.2, 0) is 13.1 Å². The Labute approximate surface area is 116 Å². The first-order valence-corrected chi connectivity index (χ1v) is 7.73. The van der Waals surface area contributed by atoms with Crippen LogP contribution < -0.4 is 5.32 Å². The second kappa shape index (κ2) is 6.02. The molecule has 1 aromatic heterocycles. The van der Waals surface area contributed by atoms with Crippen LogP contribution in [0.15, 0.2) is 18.2 Å². The molecule has 1 aromatic rings. The number of hydrogen-bond donors (Lipinski definition) is 1. The Balaban J connectivity index is 1.57. The highest BCUT2D eigenvalue weighted by Gasteiger charge is 2.35. The molecule has 3 nitrogen and oxygen atoms in total. The average Bonchev–Trinajstić information content (AvgIpc) is 2.97. The molecule has 3 rings (SSSR count). The number of hydrogen-bond acceptors (Lipinski definition) is 3. The van der Waals surface area contributed by atoms with E-state index in [0.717, 1.165) is 31.5 Å². The summed E-state index contributed by atoms with van der Waals surface area (Å²) in [5.74, 6) is 1.95. The number of fused-ring (bicyclic) bond motifs is 1. The number of aromatic nitrogens is 1. The first-order valence-electron chi connectivity index (χ1n) is 7.73. The minimum Gasteiger partial charge on any atom is -0.311 e. The summed E-state index contributed by atoms with van der Waals surface area (Å²) in [4.78, 5) is 7.37. The van der Waals surface area contributed by atoms with Gasteiger partial charge in [-0.25, -0.2) is 0 Å². The molecule has 1 aliphatic carbocycles. The fourth-order valence-corrected chi connectivity index (χ4v) is 3.66. The highest BCUT2D eigenvalue weighted by atomic mass is 15.2. The molecule has 0 bridgehead atoms. The third kappa shape index (κ3) is 3.15. The molecule has 1 saturated heterocycles. The molecule has 1 saturated carbocycles. The van der Waals surface area contributed by atoms with Gasteiger partial charge in [0.05, 0.1) is 11.4 Å². The molecule has 104 valence electrons. The van der Waals surface area contributed by atoms with Crippen LogP contribution in [0.4, 0.5) is 0 Å². The standard InChI is InChI=1S/C16H25N3/c1-2-17-9-15-7-4-8-16(18-15)12-19-10-13-5-3-6-14(13)11-19/h4,7-8,13-14,17H,2-3,5-6,9-12H2,1H3. The van der Waals surface area contributed by atoms with Crippen molar-refractivity contribution < 1.29 is 0 Å². The average molecular weight is 259 g/mol. The fourth-order valence-electron chi connectivity index (χ4n) is 3.66. The molecule has 0 amide bonds. The van der Waals surface area contributed by atoms with Crippen molar-refractivity contribution in [1.29, 1.82) is 0 Å². The minimum atomic E-state index is 0.885. The minimum absolute atomic E-state index is 0.885. The number of pyridine rings is 1. The molecule has 2 atom stereocenters. The number of nitrogens with zero attached hydrogens (tertiary/aromatic N) is 2. The van der Waals surface area contributed by atoms with Gasteiger partial charge in [-0.2, -0.15) is 0 Å². The molecule has 0 spiro atoms. The molecule has 2 unspecified atom stereocenters. The lowest BCUT2D eigenvalue weighted by Crippen LogP contribution is -2.22. The van der Waals surface area contributed by atoms with Gasteiger partial charge in [0.2, 0.25) is 0 Å². The van der Waals surface area contributed by atoms with E-state index in [1.54, 1.807) is 0 Å². The number of likely N-dealkylation sites (tertiary alicyclic amines) is 1. The molecular weight excluding hydrogens is 234 g/mol. The van der Waals surface area contributed by atoms with Gasteiger partial charge in [0, 0.05) is 26.2 Å². The highest BCUT2D eigenvalue weighted by Crippen LogP contribution is 2.37. The molecular formula is C16H25N3. The lowest BCUT2D eigenvalue weighted by Gasteiger charge is -2.16. The molecule has 3 heteroatoms. The summed E-state index contributed by atoms with van der Waals surface area (Å²) in [6.45, 7) is 7.64. The van der Waals surface area contributed by atoms with Crippen molar-refractivity contribution in [2.75, 3.05) is 19.6 Å². The van der Waals surface area contributed by atoms with E-state index in [0.29, 0.717) is 0 Å². The first-order chi connectivity index (χ1) is 9.35. The van der Waals surface area contributed by atoms with Gasteiger partial charge in [-0.15, -0.1) is 0 Å². The predicted octanol–water partition coefficient (Wildman–Crippen LogP) is 2.42. The molecule has 0 aromatic carbocycles. The van der Waals surface area contributed by atoms with Gasteiger partial charge in [-0.05, 0) is 43.4 Å². The van der Waals surface area contributed by atoms with Crippen LogP contribution >= 0.6 is 0 Å². The van der Waals surface area contributed by atoms with Gasteiger partial charge in [0.1, 0.15) is 0 Å². The summed E-state index contributed by atoms with van der Waals surface area (Å²) in [7, 11) is 0. The summed E-state index contributed by atoms with van der Waals surface area (Å²) in [6.07, 6.45) is 4.36. The fraction of sp³-hybridized carbons (Fsp3) is 0.688. The number of rotatable bonds is 5. The molecule has 2 aliphatic rings. The molecule has 1 aliphatic heterocycles. The summed E-state index contributed by atoms with van der Waals surface area (Å²) in [6, 6.07) is 6.43. The lowest BCUT2D eigenvalue weighted by atomic mass is 10.0. The Morgan fingerprint density at radius 1 is 1.21 bits per heavy atom. The van der Waals surface area contributed by atoms with E-state index >= 15 is 0 Å². The Kier molecular flexibility index (Phi) is 4.14. The zero-order valence-corrected chi connectivity index (χ0v) is 11.9. The molecule has 2 heterocycles. The zero-order valence-electron chi connectivity index (χ0n) is 11.9. The van der Waals surface area contributed by atoms with E-state index in [1.165, 1.54) is 43.7 Å². The zero-order chi connectivity index (χ0) is 13.1. The van der Waals surface area contributed by atoms with Gasteiger partial charge in [-0.1, -0.05) is 19.4 Å². The molecule has 0 radical (unpaired) electrons. The highest BCUT2D eigenvalue weighted by molar-refractivity contribution is 5.11. The van der Waals surface area contributed by atoms with E-state index < -0.39 is 0 Å². The van der Waals surface area contributed by atoms with E-state index in [4.69, 9.17) is 4.98 Å². The Hall–Kier alpha value is -0.930. The Bertz CT molecular complexity index is 406. The van der Waals surface area contributed by atoms with E-state index in [-0.39, 0.29) is 0 Å². The van der Waals surface area contributed by atoms with Crippen molar-refractivity contribution in [2.24, 2.45) is 11.8 Å². The van der Waals surface area contributed by atoms with Crippen molar-refractivity contribution in [3.8, 4) is 0 Å². The van der Waals surface area contributed by atoms with Crippen LogP contribution in [0.25, 0.3) is 0 Å².